The van der Waals surface area contributed by atoms with Crippen molar-refractivity contribution in [2.75, 3.05) is 0 Å². The maximum Gasteiger partial charge on any atom is 0.673 e. The van der Waals surface area contributed by atoms with Gasteiger partial charge in [0, 0.05) is 17.1 Å². The predicted molar refractivity (Wildman–Crippen MR) is 127 cm³/mol. The van der Waals surface area contributed by atoms with E-state index in [2.05, 4.69) is 48.6 Å². The molecule has 0 saturated carbocycles. The Morgan fingerprint density at radius 1 is 0.447 bits per heavy atom. The Kier molecular flexibility index (Phi) is 42.7. The molecule has 0 aromatic heterocycles. The van der Waals surface area contributed by atoms with Gasteiger partial charge in [0.2, 0.25) is 0 Å². The third kappa shape index (κ3) is 278. The van der Waals surface area contributed by atoms with E-state index in [0.29, 0.717) is 0 Å². The van der Waals surface area contributed by atoms with E-state index in [9.17, 15) is 104 Å². The van der Waals surface area contributed by atoms with E-state index >= 15 is 0 Å². The van der Waals surface area contributed by atoms with Gasteiger partial charge in [0.05, 0.1) is 0 Å². The number of rotatable bonds is 2. The fourth-order valence-electron chi connectivity index (χ4n) is 1.48. The van der Waals surface area contributed by atoms with Gasteiger partial charge in [-0.15, -0.1) is 0 Å². The molecule has 1 aliphatic rings. The molecule has 0 N–H and O–H groups in total. The molecular formula is C14H16B6F24FeO2-6. The van der Waals surface area contributed by atoms with Crippen LogP contribution in [-0.4, -0.2) is 57.1 Å². The van der Waals surface area contributed by atoms with Crippen LogP contribution >= 0.6 is 0 Å². The Hall–Kier alpha value is -2.73. The second-order valence-corrected chi connectivity index (χ2v) is 6.09. The quantitative estimate of drug-likeness (QED) is 0.221. The number of allylic oxidation sites excluding steroid dienone is 4. The van der Waals surface area contributed by atoms with Crippen LogP contribution in [0, 0.1) is 0 Å². The van der Waals surface area contributed by atoms with Gasteiger partial charge < -0.3 is 113 Å². The number of halogens is 24. The monoisotopic (exact) mass is 794 g/mol. The first kappa shape index (κ1) is 63.0. The second kappa shape index (κ2) is 31.8. The molecule has 0 aliphatic heterocycles. The third-order valence-electron chi connectivity index (χ3n) is 2.12. The summed E-state index contributed by atoms with van der Waals surface area (Å²) in [7, 11) is -36.0. The molecule has 1 aromatic carbocycles. The topological polar surface area (TPSA) is 34.1 Å². The van der Waals surface area contributed by atoms with Gasteiger partial charge in [0.25, 0.3) is 0 Å². The zero-order valence-electron chi connectivity index (χ0n) is 22.2. The van der Waals surface area contributed by atoms with Gasteiger partial charge in [-0.25, -0.2) is 0 Å². The van der Waals surface area contributed by atoms with Crippen LogP contribution in [0.5, 0.6) is 0 Å². The predicted octanol–water partition coefficient (Wildman–Crippen LogP) is 10.5. The number of benzene rings is 1. The Morgan fingerprint density at radius 2 is 0.660 bits per heavy atom. The molecule has 1 aromatic rings. The van der Waals surface area contributed by atoms with Gasteiger partial charge in [0.15, 0.2) is 0 Å². The molecule has 0 unspecified atom stereocenters. The molecule has 2 rings (SSSR count). The number of carbonyl (C=O) groups is 2. The van der Waals surface area contributed by atoms with Crippen molar-refractivity contribution in [1.82, 2.24) is 0 Å². The van der Waals surface area contributed by atoms with Gasteiger partial charge in [-0.3, -0.25) is 0 Å². The summed E-state index contributed by atoms with van der Waals surface area (Å²) < 4.78 is 234. The largest absolute Gasteiger partial charge is 0.673 e. The second-order valence-electron chi connectivity index (χ2n) is 6.09. The summed E-state index contributed by atoms with van der Waals surface area (Å²) in [4.78, 5) is 16.0. The summed E-state index contributed by atoms with van der Waals surface area (Å²) in [5.41, 5.74) is 2.92. The average molecular weight is 793 g/mol. The van der Waals surface area contributed by atoms with Crippen LogP contribution in [0.3, 0.4) is 0 Å². The molecule has 0 bridgehead atoms. The number of carbonyl (C=O) groups excluding carboxylic acids is 2. The van der Waals surface area contributed by atoms with Crippen LogP contribution in [0.4, 0.5) is 104 Å². The van der Waals surface area contributed by atoms with Crippen LogP contribution in [0.25, 0.3) is 0 Å². The van der Waals surface area contributed by atoms with Crippen LogP contribution in [0.1, 0.15) is 12.0 Å². The molecule has 33 heteroatoms. The molecular weight excluding hydrogens is 777 g/mol. The molecule has 284 valence electrons. The van der Waals surface area contributed by atoms with E-state index in [1.165, 1.54) is 11.1 Å². The first-order valence-electron chi connectivity index (χ1n) is 10.1. The normalized spacial score (nSPS) is 11.6. The smallest absolute Gasteiger partial charge is 0.418 e. The van der Waals surface area contributed by atoms with Crippen molar-refractivity contribution in [2.45, 2.75) is 12.8 Å². The summed E-state index contributed by atoms with van der Waals surface area (Å²) in [6.45, 7) is 4.00. The van der Waals surface area contributed by atoms with Gasteiger partial charge in [0.1, 0.15) is 13.6 Å². The van der Waals surface area contributed by atoms with Crippen LogP contribution < -0.4 is 0 Å². The van der Waals surface area contributed by atoms with Crippen molar-refractivity contribution in [3.8, 4) is 0 Å². The third-order valence-corrected chi connectivity index (χ3v) is 2.12. The Morgan fingerprint density at radius 3 is 0.830 bits per heavy atom. The Bertz CT molecular complexity index is 738. The van der Waals surface area contributed by atoms with E-state index in [0.717, 1.165) is 12.8 Å². The molecule has 0 radical (unpaired) electrons. The van der Waals surface area contributed by atoms with Crippen molar-refractivity contribution in [3.05, 3.63) is 59.7 Å². The van der Waals surface area contributed by atoms with E-state index in [1.807, 2.05) is 13.6 Å². The van der Waals surface area contributed by atoms with Crippen molar-refractivity contribution in [2.24, 2.45) is 0 Å². The SMILES string of the molecule is C1=CCC(Cc2ccccc2)=C1.C=O.C=O.F[B-](F)(F)F.F[B-](F)(F)F.F[B-](F)(F)F.F[B-](F)(F)F.F[B-](F)(F)F.F[B-](F)(F)F.[Fe]. The first-order chi connectivity index (χ1) is 19.9. The van der Waals surface area contributed by atoms with E-state index < -0.39 is 43.5 Å². The molecule has 0 heterocycles. The summed E-state index contributed by atoms with van der Waals surface area (Å²) in [6.07, 6.45) is 8.80. The summed E-state index contributed by atoms with van der Waals surface area (Å²) >= 11 is 0. The van der Waals surface area contributed by atoms with Crippen LogP contribution in [-0.2, 0) is 33.1 Å². The van der Waals surface area contributed by atoms with Gasteiger partial charge >= 0.3 is 43.5 Å². The van der Waals surface area contributed by atoms with Crippen molar-refractivity contribution in [1.29, 1.82) is 0 Å². The zero-order valence-corrected chi connectivity index (χ0v) is 23.3. The van der Waals surface area contributed by atoms with Crippen LogP contribution in [0.15, 0.2) is 54.1 Å². The molecule has 1 aliphatic carbocycles. The van der Waals surface area contributed by atoms with E-state index in [-0.39, 0.29) is 17.1 Å². The molecule has 0 fully saturated rings. The standard InChI is InChI=1S/C12H12.2CH2O.6BF4.Fe/c1-2-6-11(7-3-1)10-12-8-4-5-9-12;2*1-2;6*2-1(3,4)5;/h1-8H,9-10H2;2*1H2;;;;;;;/q;;;6*-1;. The van der Waals surface area contributed by atoms with Crippen molar-refractivity contribution >= 4 is 57.1 Å². The number of hydrogen-bond donors (Lipinski definition) is 0. The van der Waals surface area contributed by atoms with Crippen molar-refractivity contribution in [3.63, 3.8) is 0 Å². The number of hydrogen-bond acceptors (Lipinski definition) is 2. The van der Waals surface area contributed by atoms with Gasteiger partial charge in [-0.2, -0.15) is 0 Å². The average Bonchev–Trinajstić information content (AvgIpc) is 3.23. The molecule has 47 heavy (non-hydrogen) atoms. The first-order valence-corrected chi connectivity index (χ1v) is 10.1. The minimum atomic E-state index is -6.00. The maximum absolute atomic E-state index is 9.75. The fourth-order valence-corrected chi connectivity index (χ4v) is 1.48. The minimum Gasteiger partial charge on any atom is -0.418 e. The van der Waals surface area contributed by atoms with E-state index in [1.54, 1.807) is 0 Å². The molecule has 0 saturated heterocycles. The van der Waals surface area contributed by atoms with Gasteiger partial charge in [-0.05, 0) is 18.4 Å². The van der Waals surface area contributed by atoms with Crippen molar-refractivity contribution < 1.29 is 130 Å². The summed E-state index contributed by atoms with van der Waals surface area (Å²) in [5.74, 6) is 0. The minimum absolute atomic E-state index is 0. The van der Waals surface area contributed by atoms with Gasteiger partial charge in [-0.1, -0.05) is 54.1 Å². The summed E-state index contributed by atoms with van der Waals surface area (Å²) in [6, 6.07) is 10.6. The molecule has 0 amide bonds. The fraction of sp³-hybridized carbons (Fsp3) is 0.143. The zero-order chi connectivity index (χ0) is 39.2. The molecule has 0 atom stereocenters. The summed E-state index contributed by atoms with van der Waals surface area (Å²) in [5, 5.41) is 0. The van der Waals surface area contributed by atoms with E-state index in [4.69, 9.17) is 9.59 Å². The Labute approximate surface area is 260 Å². The Balaban J connectivity index is -0.0000000642. The maximum atomic E-state index is 9.75. The molecule has 0 spiro atoms. The molecule has 2 nitrogen and oxygen atoms in total. The van der Waals surface area contributed by atoms with Crippen LogP contribution in [0.2, 0.25) is 0 Å².